The lowest BCUT2D eigenvalue weighted by molar-refractivity contribution is 0.0723. The number of ether oxygens (including phenoxy) is 1. The second kappa shape index (κ2) is 6.76. The second-order valence-corrected chi connectivity index (χ2v) is 5.05. The first-order valence-electron chi connectivity index (χ1n) is 6.86. The van der Waals surface area contributed by atoms with Gasteiger partial charge in [0.1, 0.15) is 5.75 Å². The van der Waals surface area contributed by atoms with Crippen LogP contribution in [-0.4, -0.2) is 36.3 Å². The Bertz CT molecular complexity index is 359. The molecule has 0 bridgehead atoms. The van der Waals surface area contributed by atoms with Crippen LogP contribution in [0.4, 0.5) is 0 Å². The molecule has 1 aliphatic heterocycles. The van der Waals surface area contributed by atoms with Gasteiger partial charge >= 0.3 is 0 Å². The molecule has 0 amide bonds. The van der Waals surface area contributed by atoms with Crippen LogP contribution in [-0.2, 0) is 11.3 Å². The number of nitrogens with zero attached hydrogens (tertiary/aromatic N) is 1. The molecule has 100 valence electrons. The Labute approximate surface area is 109 Å². The maximum Gasteiger partial charge on any atom is 0.115 e. The van der Waals surface area contributed by atoms with Crippen molar-refractivity contribution in [2.75, 3.05) is 26.3 Å². The average Bonchev–Trinajstić information content (AvgIpc) is 2.38. The summed E-state index contributed by atoms with van der Waals surface area (Å²) in [5.74, 6) is 1.09. The number of rotatable bonds is 5. The SMILES string of the molecule is CCOCC1CCN(Cc2cccc(O)c2)CC1. The molecule has 0 radical (unpaired) electrons. The number of aromatic hydroxyl groups is 1. The summed E-state index contributed by atoms with van der Waals surface area (Å²) in [6, 6.07) is 7.56. The molecule has 0 saturated carbocycles. The molecule has 1 aromatic carbocycles. The van der Waals surface area contributed by atoms with Crippen LogP contribution in [0.2, 0.25) is 0 Å². The van der Waals surface area contributed by atoms with Gasteiger partial charge in [-0.15, -0.1) is 0 Å². The van der Waals surface area contributed by atoms with Crippen molar-refractivity contribution in [1.82, 2.24) is 4.90 Å². The van der Waals surface area contributed by atoms with Gasteiger partial charge in [-0.05, 0) is 56.5 Å². The normalized spacial score (nSPS) is 18.1. The van der Waals surface area contributed by atoms with E-state index < -0.39 is 0 Å². The van der Waals surface area contributed by atoms with E-state index in [1.807, 2.05) is 12.1 Å². The Morgan fingerprint density at radius 3 is 2.78 bits per heavy atom. The van der Waals surface area contributed by atoms with E-state index in [0.29, 0.717) is 5.75 Å². The highest BCUT2D eigenvalue weighted by Gasteiger charge is 2.19. The molecule has 0 aliphatic carbocycles. The lowest BCUT2D eigenvalue weighted by Crippen LogP contribution is -2.34. The number of phenolic OH excluding ortho intramolecular Hbond substituents is 1. The van der Waals surface area contributed by atoms with Crippen molar-refractivity contribution in [3.05, 3.63) is 29.8 Å². The van der Waals surface area contributed by atoms with Gasteiger partial charge < -0.3 is 9.84 Å². The minimum atomic E-state index is 0.360. The molecule has 1 N–H and O–H groups in total. The lowest BCUT2D eigenvalue weighted by Gasteiger charge is -2.31. The molecule has 18 heavy (non-hydrogen) atoms. The van der Waals surface area contributed by atoms with E-state index in [-0.39, 0.29) is 0 Å². The fraction of sp³-hybridized carbons (Fsp3) is 0.600. The number of hydrogen-bond acceptors (Lipinski definition) is 3. The fourth-order valence-electron chi connectivity index (χ4n) is 2.51. The van der Waals surface area contributed by atoms with Crippen molar-refractivity contribution in [3.8, 4) is 5.75 Å². The summed E-state index contributed by atoms with van der Waals surface area (Å²) < 4.78 is 5.49. The van der Waals surface area contributed by atoms with Crippen LogP contribution in [0, 0.1) is 5.92 Å². The van der Waals surface area contributed by atoms with Crippen molar-refractivity contribution < 1.29 is 9.84 Å². The van der Waals surface area contributed by atoms with Crippen LogP contribution in [0.3, 0.4) is 0 Å². The number of hydrogen-bond donors (Lipinski definition) is 1. The number of likely N-dealkylation sites (tertiary alicyclic amines) is 1. The van der Waals surface area contributed by atoms with E-state index in [0.717, 1.165) is 38.8 Å². The van der Waals surface area contributed by atoms with Gasteiger partial charge in [0.25, 0.3) is 0 Å². The third kappa shape index (κ3) is 4.00. The monoisotopic (exact) mass is 249 g/mol. The van der Waals surface area contributed by atoms with Gasteiger partial charge in [-0.25, -0.2) is 0 Å². The first kappa shape index (κ1) is 13.4. The van der Waals surface area contributed by atoms with Crippen LogP contribution in [0.15, 0.2) is 24.3 Å². The Morgan fingerprint density at radius 1 is 1.33 bits per heavy atom. The van der Waals surface area contributed by atoms with Crippen molar-refractivity contribution in [1.29, 1.82) is 0 Å². The molecular weight excluding hydrogens is 226 g/mol. The standard InChI is InChI=1S/C15H23NO2/c1-2-18-12-13-6-8-16(9-7-13)11-14-4-3-5-15(17)10-14/h3-5,10,13,17H,2,6-9,11-12H2,1H3. The number of phenols is 1. The van der Waals surface area contributed by atoms with Gasteiger partial charge in [0.05, 0.1) is 0 Å². The summed E-state index contributed by atoms with van der Waals surface area (Å²) in [6.45, 7) is 6.99. The van der Waals surface area contributed by atoms with Crippen molar-refractivity contribution in [3.63, 3.8) is 0 Å². The third-order valence-electron chi connectivity index (χ3n) is 3.58. The Balaban J connectivity index is 1.76. The van der Waals surface area contributed by atoms with Gasteiger partial charge in [-0.3, -0.25) is 4.90 Å². The van der Waals surface area contributed by atoms with Gasteiger partial charge in [0.15, 0.2) is 0 Å². The lowest BCUT2D eigenvalue weighted by atomic mass is 9.97. The Morgan fingerprint density at radius 2 is 2.11 bits per heavy atom. The van der Waals surface area contributed by atoms with Gasteiger partial charge in [0, 0.05) is 19.8 Å². The third-order valence-corrected chi connectivity index (χ3v) is 3.58. The Hall–Kier alpha value is -1.06. The average molecular weight is 249 g/mol. The number of piperidine rings is 1. The van der Waals surface area contributed by atoms with E-state index >= 15 is 0 Å². The minimum absolute atomic E-state index is 0.360. The minimum Gasteiger partial charge on any atom is -0.508 e. The first-order valence-corrected chi connectivity index (χ1v) is 6.86. The molecule has 2 rings (SSSR count). The highest BCUT2D eigenvalue weighted by molar-refractivity contribution is 5.27. The van der Waals surface area contributed by atoms with Crippen molar-refractivity contribution >= 4 is 0 Å². The molecule has 1 fully saturated rings. The molecule has 3 heteroatoms. The molecule has 1 heterocycles. The second-order valence-electron chi connectivity index (χ2n) is 5.05. The molecule has 0 unspecified atom stereocenters. The zero-order valence-electron chi connectivity index (χ0n) is 11.1. The van der Waals surface area contributed by atoms with E-state index in [1.54, 1.807) is 6.07 Å². The van der Waals surface area contributed by atoms with Crippen molar-refractivity contribution in [2.24, 2.45) is 5.92 Å². The molecular formula is C15H23NO2. The highest BCUT2D eigenvalue weighted by atomic mass is 16.5. The molecule has 0 atom stereocenters. The summed E-state index contributed by atoms with van der Waals surface area (Å²) >= 11 is 0. The van der Waals surface area contributed by atoms with Crippen LogP contribution < -0.4 is 0 Å². The van der Waals surface area contributed by atoms with E-state index in [4.69, 9.17) is 4.74 Å². The largest absolute Gasteiger partial charge is 0.508 e. The zero-order valence-corrected chi connectivity index (χ0v) is 11.1. The highest BCUT2D eigenvalue weighted by Crippen LogP contribution is 2.20. The van der Waals surface area contributed by atoms with Gasteiger partial charge in [-0.2, -0.15) is 0 Å². The van der Waals surface area contributed by atoms with Crippen LogP contribution in [0.1, 0.15) is 25.3 Å². The Kier molecular flexibility index (Phi) is 5.02. The predicted octanol–water partition coefficient (Wildman–Crippen LogP) is 2.64. The molecule has 1 saturated heterocycles. The van der Waals surface area contributed by atoms with E-state index in [1.165, 1.54) is 18.4 Å². The zero-order chi connectivity index (χ0) is 12.8. The quantitative estimate of drug-likeness (QED) is 0.870. The van der Waals surface area contributed by atoms with Crippen LogP contribution >= 0.6 is 0 Å². The summed E-state index contributed by atoms with van der Waals surface area (Å²) in [7, 11) is 0. The predicted molar refractivity (Wildman–Crippen MR) is 72.6 cm³/mol. The smallest absolute Gasteiger partial charge is 0.115 e. The molecule has 1 aromatic rings. The van der Waals surface area contributed by atoms with E-state index in [9.17, 15) is 5.11 Å². The van der Waals surface area contributed by atoms with Gasteiger partial charge in [0.2, 0.25) is 0 Å². The summed E-state index contributed by atoms with van der Waals surface area (Å²) in [5.41, 5.74) is 1.19. The molecule has 0 aromatic heterocycles. The summed E-state index contributed by atoms with van der Waals surface area (Å²) in [5, 5.41) is 9.45. The molecule has 3 nitrogen and oxygen atoms in total. The molecule has 1 aliphatic rings. The van der Waals surface area contributed by atoms with Crippen LogP contribution in [0.25, 0.3) is 0 Å². The first-order chi connectivity index (χ1) is 8.78. The van der Waals surface area contributed by atoms with Crippen molar-refractivity contribution in [2.45, 2.75) is 26.3 Å². The maximum absolute atomic E-state index is 9.45. The maximum atomic E-state index is 9.45. The summed E-state index contributed by atoms with van der Waals surface area (Å²) in [6.07, 6.45) is 2.44. The van der Waals surface area contributed by atoms with Gasteiger partial charge in [-0.1, -0.05) is 12.1 Å². The molecule has 0 spiro atoms. The number of benzene rings is 1. The van der Waals surface area contributed by atoms with Crippen LogP contribution in [0.5, 0.6) is 5.75 Å². The fourth-order valence-corrected chi connectivity index (χ4v) is 2.51. The summed E-state index contributed by atoms with van der Waals surface area (Å²) in [4.78, 5) is 2.46. The topological polar surface area (TPSA) is 32.7 Å². The van der Waals surface area contributed by atoms with E-state index in [2.05, 4.69) is 17.9 Å².